The molecule has 8 nitrogen and oxygen atoms in total. The van der Waals surface area contributed by atoms with Crippen LogP contribution >= 0.6 is 22.7 Å². The Labute approximate surface area is 626 Å². The van der Waals surface area contributed by atoms with E-state index in [1.54, 1.807) is 0 Å². The summed E-state index contributed by atoms with van der Waals surface area (Å²) in [4.78, 5) is 21.8. The normalized spacial score (nSPS) is 12.1. The smallest absolute Gasteiger partial charge is 0.235 e. The van der Waals surface area contributed by atoms with E-state index >= 15 is 0 Å². The number of fused-ring (bicyclic) bond motifs is 20. The fourth-order valence-electron chi connectivity index (χ4n) is 17.2. The van der Waals surface area contributed by atoms with Crippen LogP contribution in [0.4, 0.5) is 0 Å². The van der Waals surface area contributed by atoms with Crippen molar-refractivity contribution < 1.29 is 0 Å². The second-order valence-electron chi connectivity index (χ2n) is 28.0. The second kappa shape index (κ2) is 23.8. The Morgan fingerprint density at radius 1 is 0.204 bits per heavy atom. The summed E-state index contributed by atoms with van der Waals surface area (Å²) < 4.78 is 14.5. The average molecular weight is 1410 g/mol. The van der Waals surface area contributed by atoms with Crippen LogP contribution in [-0.2, 0) is 0 Å². The van der Waals surface area contributed by atoms with Crippen molar-refractivity contribution in [1.82, 2.24) is 38.2 Å². The Bertz CT molecular complexity index is 7600. The van der Waals surface area contributed by atoms with Gasteiger partial charge in [0.05, 0.1) is 77.3 Å². The number of thiophene rings is 2. The third-order valence-corrected chi connectivity index (χ3v) is 24.4. The summed E-state index contributed by atoms with van der Waals surface area (Å²) in [6.07, 6.45) is 0. The Hall–Kier alpha value is -13.9. The van der Waals surface area contributed by atoms with Gasteiger partial charge in [-0.1, -0.05) is 261 Å². The van der Waals surface area contributed by atoms with E-state index < -0.39 is 0 Å². The quantitative estimate of drug-likeness (QED) is 0.137. The van der Waals surface area contributed by atoms with Crippen molar-refractivity contribution in [1.29, 1.82) is 0 Å². The number of benzene rings is 15. The van der Waals surface area contributed by atoms with Crippen molar-refractivity contribution in [3.8, 4) is 90.6 Å². The number of para-hydroxylation sites is 4. The highest BCUT2D eigenvalue weighted by Gasteiger charge is 2.27. The molecule has 108 heavy (non-hydrogen) atoms. The van der Waals surface area contributed by atoms with Gasteiger partial charge in [0, 0.05) is 107 Å². The summed E-state index contributed by atoms with van der Waals surface area (Å²) in [5.41, 5.74) is 23.4. The summed E-state index contributed by atoms with van der Waals surface area (Å²) >= 11 is 3.73. The highest BCUT2D eigenvalue weighted by Crippen LogP contribution is 2.49. The highest BCUT2D eigenvalue weighted by molar-refractivity contribution is 7.27. The van der Waals surface area contributed by atoms with Gasteiger partial charge in [-0.05, 0) is 113 Å². The highest BCUT2D eigenvalue weighted by atomic mass is 32.1. The molecule has 0 bridgehead atoms. The van der Waals surface area contributed by atoms with Crippen LogP contribution in [0.1, 0.15) is 0 Å². The molecule has 0 radical (unpaired) electrons. The minimum absolute atomic E-state index is 0.612. The molecular formula is C98H58N8S2. The van der Waals surface area contributed by atoms with Gasteiger partial charge < -0.3 is 9.13 Å². The van der Waals surface area contributed by atoms with Crippen LogP contribution in [0.25, 0.3) is 218 Å². The van der Waals surface area contributed by atoms with E-state index in [2.05, 4.69) is 358 Å². The molecule has 0 fully saturated rings. The summed E-state index contributed by atoms with van der Waals surface area (Å²) in [6, 6.07) is 127. The van der Waals surface area contributed by atoms with E-state index in [-0.39, 0.29) is 0 Å². The largest absolute Gasteiger partial charge is 0.309 e. The molecule has 502 valence electrons. The lowest BCUT2D eigenvalue weighted by molar-refractivity contribution is 0.995. The molecule has 15 aromatic carbocycles. The van der Waals surface area contributed by atoms with Gasteiger partial charge >= 0.3 is 0 Å². The molecule has 8 aromatic heterocycles. The molecule has 0 unspecified atom stereocenters. The number of nitrogens with zero attached hydrogens (tertiary/aromatic N) is 8. The summed E-state index contributed by atoms with van der Waals surface area (Å²) in [5, 5.41) is 14.4. The molecule has 0 saturated carbocycles. The first kappa shape index (κ1) is 60.5. The predicted molar refractivity (Wildman–Crippen MR) is 453 cm³/mol. The third-order valence-electron chi connectivity index (χ3n) is 22.0. The number of hydrogen-bond donors (Lipinski definition) is 0. The summed E-state index contributed by atoms with van der Waals surface area (Å²) in [5.74, 6) is 1.24. The first-order valence-electron chi connectivity index (χ1n) is 36.5. The topological polar surface area (TPSA) is 71.3 Å². The zero-order valence-corrected chi connectivity index (χ0v) is 59.5. The lowest BCUT2D eigenvalue weighted by Crippen LogP contribution is -2.04. The molecule has 10 heteroatoms. The van der Waals surface area contributed by atoms with E-state index in [9.17, 15) is 0 Å². The number of hydrogen-bond acceptors (Lipinski definition) is 6. The van der Waals surface area contributed by atoms with Crippen LogP contribution in [0, 0.1) is 0 Å². The molecule has 0 N–H and O–H groups in total. The van der Waals surface area contributed by atoms with E-state index in [0.717, 1.165) is 117 Å². The van der Waals surface area contributed by atoms with Gasteiger partial charge in [-0.3, -0.25) is 9.13 Å². The van der Waals surface area contributed by atoms with Gasteiger partial charge in [0.2, 0.25) is 11.9 Å². The molecule has 8 heterocycles. The Morgan fingerprint density at radius 3 is 1.10 bits per heavy atom. The zero-order chi connectivity index (χ0) is 70.7. The lowest BCUT2D eigenvalue weighted by atomic mass is 10.0. The molecule has 0 amide bonds. The zero-order valence-electron chi connectivity index (χ0n) is 57.9. The van der Waals surface area contributed by atoms with Crippen molar-refractivity contribution in [2.75, 3.05) is 0 Å². The van der Waals surface area contributed by atoms with Crippen LogP contribution in [0.5, 0.6) is 0 Å². The predicted octanol–water partition coefficient (Wildman–Crippen LogP) is 26.4. The minimum Gasteiger partial charge on any atom is -0.309 e. The first-order valence-corrected chi connectivity index (χ1v) is 38.1. The Balaban J connectivity index is 0.617. The van der Waals surface area contributed by atoms with Crippen LogP contribution in [0.2, 0.25) is 0 Å². The monoisotopic (exact) mass is 1410 g/mol. The fourth-order valence-corrected chi connectivity index (χ4v) is 19.7. The molecule has 0 saturated heterocycles. The fraction of sp³-hybridized carbons (Fsp3) is 0. The third kappa shape index (κ3) is 9.21. The number of aromatic nitrogens is 8. The van der Waals surface area contributed by atoms with Crippen molar-refractivity contribution in [2.45, 2.75) is 0 Å². The maximum absolute atomic E-state index is 5.58. The van der Waals surface area contributed by atoms with Gasteiger partial charge in [0.1, 0.15) is 0 Å². The molecule has 23 aromatic rings. The van der Waals surface area contributed by atoms with Crippen molar-refractivity contribution >= 4 is 150 Å². The average Bonchev–Trinajstić information content (AvgIpc) is 1.55. The maximum atomic E-state index is 5.58. The van der Waals surface area contributed by atoms with Crippen molar-refractivity contribution in [2.24, 2.45) is 0 Å². The van der Waals surface area contributed by atoms with Gasteiger partial charge in [-0.2, -0.15) is 0 Å². The van der Waals surface area contributed by atoms with E-state index in [1.165, 1.54) is 89.5 Å². The SMILES string of the molecule is c1ccc(-c2cc(-c3ccccc3)nc(-n3c4ccccc4c4c5c6ccccc6n(-c6ccc7sc8cc(-c9ccc(-c%10cc(-c%11ccccc%11)nc(-n%11c%12ccccc%12c%12c%13c%14ccccc%14n(-c%14cccc%15c%14sc%14c(-c%16ccccc%16)cccc%14%15)c%13ccc%12%11)n%10)cc9)ccc8c7c6)c5ccc43)n2)cc1. The molecule has 0 aliphatic heterocycles. The molecular weight excluding hydrogens is 1350 g/mol. The van der Waals surface area contributed by atoms with Crippen LogP contribution in [0.15, 0.2) is 352 Å². The first-order chi connectivity index (χ1) is 53.6. The van der Waals surface area contributed by atoms with E-state index in [0.29, 0.717) is 11.9 Å². The van der Waals surface area contributed by atoms with Crippen molar-refractivity contribution in [3.05, 3.63) is 352 Å². The summed E-state index contributed by atoms with van der Waals surface area (Å²) in [7, 11) is 0. The standard InChI is InChI=1S/C98H58N8S2/c1-5-23-60(24-6-1)67-35-21-36-69-70-37-22-42-88(96(70)108-95(67)69)104-81-39-18-14-32-72(81)92-85(104)51-53-87-94(92)74-34-16-20-41-83(74)106(87)98-101-78(63-29-11-4-12-30-63)58-79(102-98)64-45-43-59(44-46-64)65-47-49-68-75-56-66(48-54-89(75)107-90(68)55-65)103-80-38-17-13-31-71(80)91-84(103)50-52-86-93(91)73-33-15-19-40-82(73)105(86)97-99-76(61-25-7-2-8-26-61)57-77(100-97)62-27-9-3-10-28-62/h1-58H. The van der Waals surface area contributed by atoms with Crippen molar-refractivity contribution in [3.63, 3.8) is 0 Å². The lowest BCUT2D eigenvalue weighted by Gasteiger charge is -2.12. The van der Waals surface area contributed by atoms with Crippen LogP contribution in [0.3, 0.4) is 0 Å². The van der Waals surface area contributed by atoms with E-state index in [4.69, 9.17) is 19.9 Å². The van der Waals surface area contributed by atoms with Crippen LogP contribution in [-0.4, -0.2) is 38.2 Å². The van der Waals surface area contributed by atoms with Gasteiger partial charge in [-0.15, -0.1) is 22.7 Å². The van der Waals surface area contributed by atoms with E-state index in [1.807, 2.05) is 34.8 Å². The van der Waals surface area contributed by atoms with Gasteiger partial charge in [-0.25, -0.2) is 19.9 Å². The number of rotatable bonds is 10. The summed E-state index contributed by atoms with van der Waals surface area (Å²) in [6.45, 7) is 0. The minimum atomic E-state index is 0.612. The molecule has 0 aliphatic rings. The van der Waals surface area contributed by atoms with Gasteiger partial charge in [0.15, 0.2) is 0 Å². The Kier molecular flexibility index (Phi) is 13.3. The van der Waals surface area contributed by atoms with Gasteiger partial charge in [0.25, 0.3) is 0 Å². The Morgan fingerprint density at radius 2 is 0.593 bits per heavy atom. The second-order valence-corrected chi connectivity index (χ2v) is 30.1. The maximum Gasteiger partial charge on any atom is 0.235 e. The molecule has 0 atom stereocenters. The molecule has 23 rings (SSSR count). The molecule has 0 aliphatic carbocycles. The van der Waals surface area contributed by atoms with Crippen LogP contribution < -0.4 is 0 Å². The molecule has 0 spiro atoms.